The van der Waals surface area contributed by atoms with Crippen LogP contribution in [0.15, 0.2) is 18.2 Å². The summed E-state index contributed by atoms with van der Waals surface area (Å²) in [5, 5.41) is 2.59. The molecule has 3 N–H and O–H groups in total. The summed E-state index contributed by atoms with van der Waals surface area (Å²) in [4.78, 5) is 14.2. The first-order valence-corrected chi connectivity index (χ1v) is 8.54. The molecule has 0 saturated carbocycles. The number of amides is 1. The Labute approximate surface area is 129 Å². The van der Waals surface area contributed by atoms with Crippen molar-refractivity contribution in [2.45, 2.75) is 12.8 Å². The second kappa shape index (κ2) is 7.66. The van der Waals surface area contributed by atoms with Crippen molar-refractivity contribution in [1.82, 2.24) is 4.90 Å². The van der Waals surface area contributed by atoms with Crippen LogP contribution in [-0.2, 0) is 4.79 Å². The molecule has 1 aromatic rings. The van der Waals surface area contributed by atoms with Gasteiger partial charge in [-0.2, -0.15) is 11.8 Å². The number of nitrogens with zero attached hydrogens (tertiary/aromatic N) is 1. The van der Waals surface area contributed by atoms with E-state index in [1.165, 1.54) is 30.4 Å². The number of rotatable bonds is 6. The Bertz CT molecular complexity index is 498. The van der Waals surface area contributed by atoms with Crippen molar-refractivity contribution in [1.29, 1.82) is 0 Å². The van der Waals surface area contributed by atoms with E-state index in [1.807, 2.05) is 11.8 Å². The normalized spacial score (nSPS) is 18.9. The number of carbonyl (C=O) groups is 1. The number of anilines is 2. The zero-order valence-electron chi connectivity index (χ0n) is 12.3. The van der Waals surface area contributed by atoms with E-state index in [4.69, 9.17) is 5.73 Å². The maximum Gasteiger partial charge on any atom is 0.225 e. The van der Waals surface area contributed by atoms with Crippen LogP contribution >= 0.6 is 11.8 Å². The van der Waals surface area contributed by atoms with Gasteiger partial charge in [-0.1, -0.05) is 0 Å². The fraction of sp³-hybridized carbons (Fsp3) is 0.533. The van der Waals surface area contributed by atoms with E-state index in [2.05, 4.69) is 16.5 Å². The number of nitrogen functional groups attached to an aromatic ring is 1. The first-order chi connectivity index (χ1) is 10.1. The van der Waals surface area contributed by atoms with Crippen molar-refractivity contribution in [3.8, 4) is 0 Å². The molecule has 116 valence electrons. The second-order valence-corrected chi connectivity index (χ2v) is 6.36. The Morgan fingerprint density at radius 3 is 3.14 bits per heavy atom. The highest BCUT2D eigenvalue weighted by atomic mass is 32.2. The van der Waals surface area contributed by atoms with Crippen LogP contribution in [0.1, 0.15) is 12.8 Å². The van der Waals surface area contributed by atoms with Crippen LogP contribution in [-0.4, -0.2) is 42.4 Å². The van der Waals surface area contributed by atoms with E-state index in [0.29, 0.717) is 12.1 Å². The molecule has 1 aliphatic heterocycles. The summed E-state index contributed by atoms with van der Waals surface area (Å²) in [5.41, 5.74) is 6.18. The molecule has 21 heavy (non-hydrogen) atoms. The largest absolute Gasteiger partial charge is 0.399 e. The maximum atomic E-state index is 13.5. The van der Waals surface area contributed by atoms with Crippen molar-refractivity contribution in [2.24, 2.45) is 5.92 Å². The third-order valence-electron chi connectivity index (χ3n) is 3.69. The van der Waals surface area contributed by atoms with E-state index in [-0.39, 0.29) is 11.6 Å². The van der Waals surface area contributed by atoms with Gasteiger partial charge in [0.1, 0.15) is 5.82 Å². The quantitative estimate of drug-likeness (QED) is 0.792. The highest BCUT2D eigenvalue weighted by Gasteiger charge is 2.22. The van der Waals surface area contributed by atoms with Crippen molar-refractivity contribution in [2.75, 3.05) is 42.7 Å². The molecule has 0 radical (unpaired) electrons. The molecule has 1 atom stereocenters. The fourth-order valence-electron chi connectivity index (χ4n) is 2.60. The lowest BCUT2D eigenvalue weighted by atomic mass is 10.2. The summed E-state index contributed by atoms with van der Waals surface area (Å²) < 4.78 is 13.5. The lowest BCUT2D eigenvalue weighted by Gasteiger charge is -2.15. The number of halogens is 1. The second-order valence-electron chi connectivity index (χ2n) is 5.45. The number of likely N-dealkylation sites (tertiary alicyclic amines) is 1. The van der Waals surface area contributed by atoms with E-state index in [9.17, 15) is 9.18 Å². The van der Waals surface area contributed by atoms with Crippen LogP contribution in [0.5, 0.6) is 0 Å². The van der Waals surface area contributed by atoms with Gasteiger partial charge in [-0.05, 0) is 49.1 Å². The molecule has 0 aromatic heterocycles. The van der Waals surface area contributed by atoms with Crippen molar-refractivity contribution in [3.63, 3.8) is 0 Å². The molecular weight excluding hydrogens is 289 g/mol. The average Bonchev–Trinajstić information content (AvgIpc) is 2.89. The summed E-state index contributed by atoms with van der Waals surface area (Å²) in [6.07, 6.45) is 3.70. The van der Waals surface area contributed by atoms with Gasteiger partial charge < -0.3 is 16.0 Å². The monoisotopic (exact) mass is 311 g/mol. The minimum atomic E-state index is -0.459. The Morgan fingerprint density at radius 2 is 2.38 bits per heavy atom. The van der Waals surface area contributed by atoms with E-state index < -0.39 is 5.82 Å². The third-order valence-corrected chi connectivity index (χ3v) is 4.50. The van der Waals surface area contributed by atoms with Crippen molar-refractivity contribution < 1.29 is 9.18 Å². The number of hydrogen-bond acceptors (Lipinski definition) is 4. The highest BCUT2D eigenvalue weighted by molar-refractivity contribution is 7.98. The van der Waals surface area contributed by atoms with Gasteiger partial charge in [0.05, 0.1) is 5.69 Å². The molecule has 0 aliphatic carbocycles. The average molecular weight is 311 g/mol. The van der Waals surface area contributed by atoms with Crippen LogP contribution in [0.2, 0.25) is 0 Å². The standard InChI is InChI=1S/C15H22FN3OS/c1-21-10-11-4-6-19(9-11)7-5-15(20)18-14-8-12(17)2-3-13(14)16/h2-3,8,11H,4-7,9-10,17H2,1H3,(H,18,20)/t11-/m0/s1. The number of nitrogens with two attached hydrogens (primary N) is 1. The number of thioether (sulfide) groups is 1. The number of hydrogen-bond donors (Lipinski definition) is 2. The summed E-state index contributed by atoms with van der Waals surface area (Å²) in [5.74, 6) is 1.28. The molecule has 0 unspecified atom stereocenters. The van der Waals surface area contributed by atoms with Gasteiger partial charge in [0.25, 0.3) is 0 Å². The smallest absolute Gasteiger partial charge is 0.225 e. The predicted octanol–water partition coefficient (Wildman–Crippen LogP) is 2.42. The Balaban J connectivity index is 1.76. The Kier molecular flexibility index (Phi) is 5.87. The molecule has 6 heteroatoms. The Morgan fingerprint density at radius 1 is 1.57 bits per heavy atom. The van der Waals surface area contributed by atoms with Gasteiger partial charge in [0.2, 0.25) is 5.91 Å². The van der Waals surface area contributed by atoms with Gasteiger partial charge in [-0.25, -0.2) is 4.39 Å². The minimum absolute atomic E-state index is 0.154. The first kappa shape index (κ1) is 16.1. The van der Waals surface area contributed by atoms with Crippen LogP contribution in [0.25, 0.3) is 0 Å². The zero-order valence-corrected chi connectivity index (χ0v) is 13.1. The van der Waals surface area contributed by atoms with Gasteiger partial charge >= 0.3 is 0 Å². The fourth-order valence-corrected chi connectivity index (χ4v) is 3.34. The Hall–Kier alpha value is -1.27. The SMILES string of the molecule is CSC[C@H]1CCN(CCC(=O)Nc2cc(N)ccc2F)C1. The summed E-state index contributed by atoms with van der Waals surface area (Å²) in [7, 11) is 0. The van der Waals surface area contributed by atoms with Gasteiger partial charge in [0.15, 0.2) is 0 Å². The summed E-state index contributed by atoms with van der Waals surface area (Å²) >= 11 is 1.87. The van der Waals surface area contributed by atoms with E-state index >= 15 is 0 Å². The van der Waals surface area contributed by atoms with Crippen LogP contribution in [0.3, 0.4) is 0 Å². The van der Waals surface area contributed by atoms with Crippen molar-refractivity contribution >= 4 is 29.0 Å². The zero-order chi connectivity index (χ0) is 15.2. The maximum absolute atomic E-state index is 13.5. The number of carbonyl (C=O) groups excluding carboxylic acids is 1. The molecule has 0 bridgehead atoms. The lowest BCUT2D eigenvalue weighted by Crippen LogP contribution is -2.26. The molecule has 1 saturated heterocycles. The molecule has 1 fully saturated rings. The van der Waals surface area contributed by atoms with Crippen molar-refractivity contribution in [3.05, 3.63) is 24.0 Å². The summed E-state index contributed by atoms with van der Waals surface area (Å²) in [6, 6.07) is 4.18. The molecule has 1 amide bonds. The van der Waals surface area contributed by atoms with Gasteiger partial charge in [-0.3, -0.25) is 4.79 Å². The van der Waals surface area contributed by atoms with Crippen LogP contribution in [0.4, 0.5) is 15.8 Å². The molecule has 1 aliphatic rings. The van der Waals surface area contributed by atoms with Crippen LogP contribution < -0.4 is 11.1 Å². The van der Waals surface area contributed by atoms with Crippen LogP contribution in [0, 0.1) is 11.7 Å². The van der Waals surface area contributed by atoms with Gasteiger partial charge in [0, 0.05) is 25.2 Å². The number of nitrogens with one attached hydrogen (secondary N) is 1. The summed E-state index contributed by atoms with van der Waals surface area (Å²) in [6.45, 7) is 2.83. The molecule has 1 aromatic carbocycles. The molecule has 1 heterocycles. The molecule has 4 nitrogen and oxygen atoms in total. The highest BCUT2D eigenvalue weighted by Crippen LogP contribution is 2.20. The van der Waals surface area contributed by atoms with E-state index in [0.717, 1.165) is 25.6 Å². The third kappa shape index (κ3) is 4.89. The lowest BCUT2D eigenvalue weighted by molar-refractivity contribution is -0.116. The molecule has 2 rings (SSSR count). The van der Waals surface area contributed by atoms with Gasteiger partial charge in [-0.15, -0.1) is 0 Å². The topological polar surface area (TPSA) is 58.4 Å². The molecule has 0 spiro atoms. The predicted molar refractivity (Wildman–Crippen MR) is 87.0 cm³/mol. The minimum Gasteiger partial charge on any atom is -0.399 e. The van der Waals surface area contributed by atoms with E-state index in [1.54, 1.807) is 0 Å². The molecular formula is C15H22FN3OS. The first-order valence-electron chi connectivity index (χ1n) is 7.14. The number of benzene rings is 1.